The van der Waals surface area contributed by atoms with Gasteiger partial charge in [0.25, 0.3) is 0 Å². The lowest BCUT2D eigenvalue weighted by Crippen LogP contribution is -2.51. The second-order valence-corrected chi connectivity index (χ2v) is 6.92. The number of thioether (sulfide) groups is 1. The van der Waals surface area contributed by atoms with E-state index >= 15 is 0 Å². The number of carboxylic acid groups (broad SMARTS) is 1. The number of hydrogen-bond acceptors (Lipinski definition) is 4. The number of amides is 1. The third-order valence-electron chi connectivity index (χ3n) is 2.11. The molecule has 0 saturated carbocycles. The van der Waals surface area contributed by atoms with Gasteiger partial charge in [-0.3, -0.25) is 4.79 Å². The zero-order chi connectivity index (χ0) is 15.1. The van der Waals surface area contributed by atoms with Crippen molar-refractivity contribution >= 4 is 23.8 Å². The maximum Gasteiger partial charge on any atom is 0.408 e. The molecule has 0 spiro atoms. The van der Waals surface area contributed by atoms with E-state index in [9.17, 15) is 9.59 Å². The molecule has 0 aromatic carbocycles. The van der Waals surface area contributed by atoms with Crippen LogP contribution in [0.1, 0.15) is 47.5 Å². The van der Waals surface area contributed by atoms with Crippen molar-refractivity contribution in [3.63, 3.8) is 0 Å². The van der Waals surface area contributed by atoms with Gasteiger partial charge in [0.05, 0.1) is 12.0 Å². The summed E-state index contributed by atoms with van der Waals surface area (Å²) in [6, 6.07) is 0. The van der Waals surface area contributed by atoms with Crippen molar-refractivity contribution in [3.05, 3.63) is 0 Å². The van der Waals surface area contributed by atoms with E-state index in [1.54, 1.807) is 39.5 Å². The average Bonchev–Trinajstić information content (AvgIpc) is 2.12. The Labute approximate surface area is 119 Å². The molecule has 0 aromatic heterocycles. The van der Waals surface area contributed by atoms with Crippen molar-refractivity contribution in [1.29, 1.82) is 0 Å². The Hall–Kier alpha value is -0.910. The molecule has 0 bridgehead atoms. The van der Waals surface area contributed by atoms with Gasteiger partial charge >= 0.3 is 12.1 Å². The van der Waals surface area contributed by atoms with Crippen molar-refractivity contribution in [3.8, 4) is 0 Å². The highest BCUT2D eigenvalue weighted by Gasteiger charge is 2.31. The third-order valence-corrected chi connectivity index (χ3v) is 3.65. The maximum atomic E-state index is 11.8. The Balaban J connectivity index is 4.56. The number of rotatable bonds is 7. The quantitative estimate of drug-likeness (QED) is 0.705. The number of carboxylic acids is 1. The van der Waals surface area contributed by atoms with Crippen LogP contribution in [0.2, 0.25) is 0 Å². The number of carbonyl (C=O) groups is 2. The molecule has 6 heteroatoms. The Bertz CT molecular complexity index is 314. The minimum absolute atomic E-state index is 0.122. The molecule has 19 heavy (non-hydrogen) atoms. The van der Waals surface area contributed by atoms with E-state index in [4.69, 9.17) is 9.84 Å². The number of aliphatic carboxylic acids is 1. The minimum atomic E-state index is -0.935. The molecule has 0 saturated heterocycles. The first-order chi connectivity index (χ1) is 8.58. The summed E-state index contributed by atoms with van der Waals surface area (Å²) in [7, 11) is 0. The van der Waals surface area contributed by atoms with Crippen molar-refractivity contribution in [2.45, 2.75) is 58.6 Å². The molecular formula is C13H25NO4S. The molecular weight excluding hydrogens is 266 g/mol. The van der Waals surface area contributed by atoms with Crippen molar-refractivity contribution in [2.75, 3.05) is 11.5 Å². The maximum absolute atomic E-state index is 11.8. The summed E-state index contributed by atoms with van der Waals surface area (Å²) in [6.07, 6.45) is 0.316. The summed E-state index contributed by atoms with van der Waals surface area (Å²) in [4.78, 5) is 22.7. The fourth-order valence-corrected chi connectivity index (χ4v) is 2.51. The summed E-state index contributed by atoms with van der Waals surface area (Å²) >= 11 is 1.63. The molecule has 0 fully saturated rings. The molecule has 2 N–H and O–H groups in total. The molecule has 0 aliphatic rings. The summed E-state index contributed by atoms with van der Waals surface area (Å²) in [6.45, 7) is 9.10. The Kier molecular flexibility index (Phi) is 7.26. The number of hydrogen-bond donors (Lipinski definition) is 2. The fourth-order valence-electron chi connectivity index (χ4n) is 1.46. The first-order valence-electron chi connectivity index (χ1n) is 6.39. The molecule has 0 aliphatic carbocycles. The third kappa shape index (κ3) is 9.64. The molecule has 0 rings (SSSR count). The molecule has 0 heterocycles. The molecule has 112 valence electrons. The highest BCUT2D eigenvalue weighted by Crippen LogP contribution is 2.19. The highest BCUT2D eigenvalue weighted by atomic mass is 32.2. The van der Waals surface area contributed by atoms with Crippen LogP contribution >= 0.6 is 11.8 Å². The molecule has 0 aliphatic heterocycles. The van der Waals surface area contributed by atoms with E-state index in [1.165, 1.54) is 0 Å². The van der Waals surface area contributed by atoms with Crippen LogP contribution in [-0.4, -0.2) is 39.8 Å². The van der Waals surface area contributed by atoms with Crippen LogP contribution in [0.3, 0.4) is 0 Å². The summed E-state index contributed by atoms with van der Waals surface area (Å²) in [5.41, 5.74) is -1.39. The monoisotopic (exact) mass is 291 g/mol. The van der Waals surface area contributed by atoms with Crippen LogP contribution in [-0.2, 0) is 9.53 Å². The smallest absolute Gasteiger partial charge is 0.408 e. The van der Waals surface area contributed by atoms with Crippen LogP contribution in [0.15, 0.2) is 0 Å². The Morgan fingerprint density at radius 1 is 1.26 bits per heavy atom. The Morgan fingerprint density at radius 3 is 2.26 bits per heavy atom. The van der Waals surface area contributed by atoms with E-state index in [0.717, 1.165) is 12.2 Å². The summed E-state index contributed by atoms with van der Waals surface area (Å²) < 4.78 is 5.17. The molecule has 1 atom stereocenters. The van der Waals surface area contributed by atoms with Gasteiger partial charge in [-0.05, 0) is 39.9 Å². The predicted molar refractivity (Wildman–Crippen MR) is 77.6 cm³/mol. The van der Waals surface area contributed by atoms with Crippen molar-refractivity contribution in [1.82, 2.24) is 5.32 Å². The van der Waals surface area contributed by atoms with Gasteiger partial charge in [0, 0.05) is 5.75 Å². The van der Waals surface area contributed by atoms with Gasteiger partial charge < -0.3 is 15.2 Å². The molecule has 5 nitrogen and oxygen atoms in total. The van der Waals surface area contributed by atoms with E-state index < -0.39 is 23.2 Å². The van der Waals surface area contributed by atoms with Gasteiger partial charge in [-0.2, -0.15) is 11.8 Å². The van der Waals surface area contributed by atoms with E-state index in [2.05, 4.69) is 12.2 Å². The molecule has 0 radical (unpaired) electrons. The van der Waals surface area contributed by atoms with Crippen LogP contribution < -0.4 is 5.32 Å². The van der Waals surface area contributed by atoms with Crippen molar-refractivity contribution in [2.24, 2.45) is 0 Å². The lowest BCUT2D eigenvalue weighted by Gasteiger charge is -2.30. The summed E-state index contributed by atoms with van der Waals surface area (Å²) in [5, 5.41) is 11.6. The fraction of sp³-hybridized carbons (Fsp3) is 0.846. The second kappa shape index (κ2) is 7.62. The SMILES string of the molecule is CCCSCC(C)(CC(=O)O)NC(=O)OC(C)(C)C. The lowest BCUT2D eigenvalue weighted by atomic mass is 10.0. The van der Waals surface area contributed by atoms with Gasteiger partial charge in [-0.25, -0.2) is 4.79 Å². The molecule has 0 aromatic rings. The van der Waals surface area contributed by atoms with Crippen LogP contribution in [0, 0.1) is 0 Å². The van der Waals surface area contributed by atoms with E-state index in [1.807, 2.05) is 0 Å². The largest absolute Gasteiger partial charge is 0.481 e. The van der Waals surface area contributed by atoms with Gasteiger partial charge in [-0.1, -0.05) is 6.92 Å². The molecule has 1 amide bonds. The zero-order valence-electron chi connectivity index (χ0n) is 12.4. The van der Waals surface area contributed by atoms with Gasteiger partial charge in [0.1, 0.15) is 5.60 Å². The number of ether oxygens (including phenoxy) is 1. The number of alkyl carbamates (subject to hydrolysis) is 1. The van der Waals surface area contributed by atoms with Gasteiger partial charge in [-0.15, -0.1) is 0 Å². The standard InChI is InChI=1S/C13H25NO4S/c1-6-7-19-9-13(5,8-10(15)16)14-11(17)18-12(2,3)4/h6-9H2,1-5H3,(H,14,17)(H,15,16). The van der Waals surface area contributed by atoms with Gasteiger partial charge in [0.15, 0.2) is 0 Å². The van der Waals surface area contributed by atoms with E-state index in [0.29, 0.717) is 5.75 Å². The minimum Gasteiger partial charge on any atom is -0.481 e. The Morgan fingerprint density at radius 2 is 1.84 bits per heavy atom. The first-order valence-corrected chi connectivity index (χ1v) is 7.54. The van der Waals surface area contributed by atoms with Gasteiger partial charge in [0.2, 0.25) is 0 Å². The van der Waals surface area contributed by atoms with E-state index in [-0.39, 0.29) is 6.42 Å². The average molecular weight is 291 g/mol. The second-order valence-electron chi connectivity index (χ2n) is 5.81. The van der Waals surface area contributed by atoms with Crippen molar-refractivity contribution < 1.29 is 19.4 Å². The first kappa shape index (κ1) is 18.1. The summed E-state index contributed by atoms with van der Waals surface area (Å²) in [5.74, 6) is 0.549. The number of carbonyl (C=O) groups excluding carboxylic acids is 1. The van der Waals surface area contributed by atoms with Crippen LogP contribution in [0.25, 0.3) is 0 Å². The molecule has 1 unspecified atom stereocenters. The highest BCUT2D eigenvalue weighted by molar-refractivity contribution is 7.99. The van der Waals surface area contributed by atoms with Crippen LogP contribution in [0.4, 0.5) is 4.79 Å². The van der Waals surface area contributed by atoms with Crippen LogP contribution in [0.5, 0.6) is 0 Å². The predicted octanol–water partition coefficient (Wildman–Crippen LogP) is 2.89. The normalized spacial score (nSPS) is 14.6. The zero-order valence-corrected chi connectivity index (χ0v) is 13.2. The number of nitrogens with one attached hydrogen (secondary N) is 1. The lowest BCUT2D eigenvalue weighted by molar-refractivity contribution is -0.138. The topological polar surface area (TPSA) is 75.6 Å².